The largest absolute Gasteiger partial charge is 0.477 e. The second-order valence-electron chi connectivity index (χ2n) is 9.34. The van der Waals surface area contributed by atoms with Crippen LogP contribution in [0.1, 0.15) is 111 Å². The zero-order chi connectivity index (χ0) is 24.3. The first-order valence-electron chi connectivity index (χ1n) is 13.1. The van der Waals surface area contributed by atoms with Gasteiger partial charge in [0.25, 0.3) is 0 Å². The number of aryl methyl sites for hydroxylation is 2. The number of thiophene rings is 2. The molecule has 5 heteroatoms. The summed E-state index contributed by atoms with van der Waals surface area (Å²) in [5.41, 5.74) is 3.78. The maximum atomic E-state index is 11.7. The highest BCUT2D eigenvalue weighted by Gasteiger charge is 2.23. The van der Waals surface area contributed by atoms with E-state index in [9.17, 15) is 9.90 Å². The number of hydrogen-bond donors (Lipinski definition) is 1. The Hall–Kier alpha value is -1.36. The van der Waals surface area contributed by atoms with Gasteiger partial charge in [0.05, 0.1) is 14.4 Å². The number of aromatic carboxylic acids is 1. The van der Waals surface area contributed by atoms with Gasteiger partial charge in [0, 0.05) is 10.4 Å². The van der Waals surface area contributed by atoms with Crippen LogP contribution in [0.2, 0.25) is 5.02 Å². The Kier molecular flexibility index (Phi) is 11.4. The predicted molar refractivity (Wildman–Crippen MR) is 151 cm³/mol. The van der Waals surface area contributed by atoms with Crippen molar-refractivity contribution >= 4 is 49.6 Å². The van der Waals surface area contributed by atoms with Crippen molar-refractivity contribution in [3.05, 3.63) is 44.6 Å². The number of fused-ring (bicyclic) bond motifs is 1. The maximum Gasteiger partial charge on any atom is 0.347 e. The normalized spacial score (nSPS) is 11.5. The zero-order valence-corrected chi connectivity index (χ0v) is 23.1. The van der Waals surface area contributed by atoms with Gasteiger partial charge in [-0.15, -0.1) is 22.7 Å². The van der Waals surface area contributed by atoms with Crippen LogP contribution in [0.3, 0.4) is 0 Å². The lowest BCUT2D eigenvalue weighted by atomic mass is 9.99. The van der Waals surface area contributed by atoms with Gasteiger partial charge in [-0.05, 0) is 36.8 Å². The fourth-order valence-electron chi connectivity index (χ4n) is 4.57. The summed E-state index contributed by atoms with van der Waals surface area (Å²) >= 11 is 9.52. The van der Waals surface area contributed by atoms with Gasteiger partial charge in [-0.1, -0.05) is 114 Å². The summed E-state index contributed by atoms with van der Waals surface area (Å²) in [6.45, 7) is 4.50. The van der Waals surface area contributed by atoms with Crippen LogP contribution in [0.15, 0.2) is 24.3 Å². The molecule has 0 atom stereocenters. The summed E-state index contributed by atoms with van der Waals surface area (Å²) in [4.78, 5) is 13.3. The molecular formula is C29H39ClO2S2. The molecule has 3 rings (SSSR count). The van der Waals surface area contributed by atoms with Crippen LogP contribution >= 0.6 is 34.3 Å². The van der Waals surface area contributed by atoms with E-state index in [-0.39, 0.29) is 4.88 Å². The molecule has 1 N–H and O–H groups in total. The third kappa shape index (κ3) is 7.32. The monoisotopic (exact) mass is 518 g/mol. The fraction of sp³-hybridized carbons (Fsp3) is 0.552. The third-order valence-electron chi connectivity index (χ3n) is 6.55. The van der Waals surface area contributed by atoms with Crippen LogP contribution in [-0.4, -0.2) is 11.1 Å². The number of benzene rings is 1. The Labute approximate surface area is 218 Å². The Balaban J connectivity index is 1.73. The average Bonchev–Trinajstić information content (AvgIpc) is 3.35. The summed E-state index contributed by atoms with van der Waals surface area (Å²) in [7, 11) is 0. The van der Waals surface area contributed by atoms with Crippen molar-refractivity contribution in [3.63, 3.8) is 0 Å². The Morgan fingerprint density at radius 3 is 1.91 bits per heavy atom. The summed E-state index contributed by atoms with van der Waals surface area (Å²) < 4.78 is 1.98. The first-order chi connectivity index (χ1) is 16.6. The van der Waals surface area contributed by atoms with E-state index in [2.05, 4.69) is 38.1 Å². The Morgan fingerprint density at radius 2 is 1.32 bits per heavy atom. The minimum absolute atomic E-state index is 0.259. The molecule has 0 fully saturated rings. The van der Waals surface area contributed by atoms with Gasteiger partial charge < -0.3 is 5.11 Å². The molecule has 34 heavy (non-hydrogen) atoms. The Morgan fingerprint density at radius 1 is 0.765 bits per heavy atom. The third-order valence-corrected chi connectivity index (χ3v) is 9.75. The lowest BCUT2D eigenvalue weighted by molar-refractivity contribution is 0.0702. The van der Waals surface area contributed by atoms with E-state index in [1.807, 2.05) is 0 Å². The van der Waals surface area contributed by atoms with Crippen molar-refractivity contribution in [2.75, 3.05) is 0 Å². The quantitative estimate of drug-likeness (QED) is 0.191. The molecule has 0 amide bonds. The average molecular weight is 519 g/mol. The molecule has 0 spiro atoms. The fourth-order valence-corrected chi connectivity index (χ4v) is 7.64. The maximum absolute atomic E-state index is 11.7. The van der Waals surface area contributed by atoms with Gasteiger partial charge in [-0.2, -0.15) is 0 Å². The molecule has 2 aromatic heterocycles. The van der Waals surface area contributed by atoms with Gasteiger partial charge in [-0.25, -0.2) is 4.79 Å². The standard InChI is InChI=1S/C29H39ClO2S2/c1-3-5-7-9-10-12-13-15-21-17-19-22(20-18-21)24-23(16-14-11-8-6-4-2)33-27-25(30)28(29(31)32)34-26(24)27/h17-20H,3-16H2,1-2H3,(H,31,32). The second kappa shape index (κ2) is 14.3. The van der Waals surface area contributed by atoms with Crippen molar-refractivity contribution in [3.8, 4) is 11.1 Å². The van der Waals surface area contributed by atoms with Crippen molar-refractivity contribution in [1.29, 1.82) is 0 Å². The lowest BCUT2D eigenvalue weighted by Crippen LogP contribution is -1.92. The molecule has 0 aliphatic heterocycles. The van der Waals surface area contributed by atoms with Gasteiger partial charge >= 0.3 is 5.97 Å². The zero-order valence-electron chi connectivity index (χ0n) is 20.8. The number of carbonyl (C=O) groups is 1. The van der Waals surface area contributed by atoms with Gasteiger partial charge in [0.1, 0.15) is 4.88 Å². The number of hydrogen-bond acceptors (Lipinski definition) is 3. The van der Waals surface area contributed by atoms with Gasteiger partial charge in [-0.3, -0.25) is 0 Å². The summed E-state index contributed by atoms with van der Waals surface area (Å²) in [5.74, 6) is -0.935. The molecule has 0 unspecified atom stereocenters. The van der Waals surface area contributed by atoms with Crippen LogP contribution in [0.4, 0.5) is 0 Å². The summed E-state index contributed by atoms with van der Waals surface area (Å²) in [6, 6.07) is 8.97. The van der Waals surface area contributed by atoms with Gasteiger partial charge in [0.2, 0.25) is 0 Å². The first kappa shape index (κ1) is 27.2. The van der Waals surface area contributed by atoms with Crippen LogP contribution < -0.4 is 0 Å². The predicted octanol–water partition coefficient (Wildman–Crippen LogP) is 10.8. The number of halogens is 1. The topological polar surface area (TPSA) is 37.3 Å². The molecule has 0 saturated heterocycles. The van der Waals surface area contributed by atoms with E-state index in [4.69, 9.17) is 11.6 Å². The van der Waals surface area contributed by atoms with Crippen LogP contribution in [0, 0.1) is 0 Å². The smallest absolute Gasteiger partial charge is 0.347 e. The minimum Gasteiger partial charge on any atom is -0.477 e. The molecule has 2 nitrogen and oxygen atoms in total. The van der Waals surface area contributed by atoms with Crippen molar-refractivity contribution in [2.45, 2.75) is 104 Å². The van der Waals surface area contributed by atoms with Crippen LogP contribution in [0.5, 0.6) is 0 Å². The van der Waals surface area contributed by atoms with E-state index >= 15 is 0 Å². The van der Waals surface area contributed by atoms with Gasteiger partial charge in [0.15, 0.2) is 0 Å². The molecule has 2 heterocycles. The highest BCUT2D eigenvalue weighted by molar-refractivity contribution is 7.30. The molecule has 0 aliphatic carbocycles. The Bertz CT molecular complexity index is 1030. The molecule has 1 aromatic carbocycles. The van der Waals surface area contributed by atoms with E-state index < -0.39 is 5.97 Å². The van der Waals surface area contributed by atoms with E-state index in [1.54, 1.807) is 11.3 Å². The molecule has 186 valence electrons. The van der Waals surface area contributed by atoms with Crippen molar-refractivity contribution in [1.82, 2.24) is 0 Å². The molecule has 0 radical (unpaired) electrons. The van der Waals surface area contributed by atoms with E-state index in [1.165, 1.54) is 110 Å². The second-order valence-corrected chi connectivity index (χ2v) is 11.8. The van der Waals surface area contributed by atoms with E-state index in [0.717, 1.165) is 22.2 Å². The first-order valence-corrected chi connectivity index (χ1v) is 15.1. The molecule has 0 aliphatic rings. The van der Waals surface area contributed by atoms with Crippen molar-refractivity contribution < 1.29 is 9.90 Å². The number of carboxylic acid groups (broad SMARTS) is 1. The summed E-state index contributed by atoms with van der Waals surface area (Å²) in [6.07, 6.45) is 17.7. The minimum atomic E-state index is -0.935. The molecule has 0 bridgehead atoms. The SMILES string of the molecule is CCCCCCCCCc1ccc(-c2c(CCCCCCC)sc3c(Cl)c(C(=O)O)sc23)cc1. The van der Waals surface area contributed by atoms with E-state index in [0.29, 0.717) is 5.02 Å². The number of unbranched alkanes of at least 4 members (excludes halogenated alkanes) is 10. The molecule has 3 aromatic rings. The molecular weight excluding hydrogens is 480 g/mol. The summed E-state index contributed by atoms with van der Waals surface area (Å²) in [5, 5.41) is 9.98. The molecule has 0 saturated carbocycles. The lowest BCUT2D eigenvalue weighted by Gasteiger charge is -2.07. The van der Waals surface area contributed by atoms with Crippen molar-refractivity contribution in [2.24, 2.45) is 0 Å². The number of rotatable bonds is 16. The van der Waals surface area contributed by atoms with Crippen LogP contribution in [-0.2, 0) is 12.8 Å². The highest BCUT2D eigenvalue weighted by Crippen LogP contribution is 2.48. The highest BCUT2D eigenvalue weighted by atomic mass is 35.5. The number of carboxylic acids is 1. The van der Waals surface area contributed by atoms with Crippen LogP contribution in [0.25, 0.3) is 20.5 Å².